The monoisotopic (exact) mass is 413 g/mol. The van der Waals surface area contributed by atoms with E-state index >= 15 is 0 Å². The van der Waals surface area contributed by atoms with Crippen molar-refractivity contribution in [1.29, 1.82) is 0 Å². The van der Waals surface area contributed by atoms with E-state index < -0.39 is 5.60 Å². The number of hydrogen-bond donors (Lipinski definition) is 3. The maximum absolute atomic E-state index is 12.2. The minimum absolute atomic E-state index is 0.0884. The third kappa shape index (κ3) is 6.13. The highest BCUT2D eigenvalue weighted by atomic mass is 16.5. The van der Waals surface area contributed by atoms with Gasteiger partial charge in [-0.25, -0.2) is 9.97 Å². The fourth-order valence-corrected chi connectivity index (χ4v) is 3.20. The van der Waals surface area contributed by atoms with Crippen LogP contribution in [0.4, 0.5) is 5.82 Å². The first-order chi connectivity index (χ1) is 14.0. The van der Waals surface area contributed by atoms with Crippen LogP contribution in [0.2, 0.25) is 0 Å². The molecule has 0 fully saturated rings. The van der Waals surface area contributed by atoms with E-state index in [4.69, 9.17) is 9.72 Å². The van der Waals surface area contributed by atoms with Crippen molar-refractivity contribution in [3.63, 3.8) is 0 Å². The van der Waals surface area contributed by atoms with Crippen molar-refractivity contribution in [3.05, 3.63) is 29.6 Å². The van der Waals surface area contributed by atoms with Gasteiger partial charge in [0.25, 0.3) is 0 Å². The van der Waals surface area contributed by atoms with Gasteiger partial charge in [-0.05, 0) is 59.9 Å². The fraction of sp³-hybridized carbons (Fsp3) is 0.545. The van der Waals surface area contributed by atoms with Crippen molar-refractivity contribution in [2.24, 2.45) is 0 Å². The number of aromatic nitrogens is 3. The Bertz CT molecular complexity index is 916. The van der Waals surface area contributed by atoms with E-state index in [2.05, 4.69) is 20.6 Å². The maximum atomic E-state index is 12.2. The molecule has 3 rings (SSSR count). The highest BCUT2D eigenvalue weighted by molar-refractivity contribution is 5.81. The molecule has 1 amide bonds. The smallest absolute Gasteiger partial charge is 0.239 e. The van der Waals surface area contributed by atoms with Crippen LogP contribution in [0.3, 0.4) is 0 Å². The summed E-state index contributed by atoms with van der Waals surface area (Å²) in [7, 11) is 0. The first kappa shape index (κ1) is 22.0. The Hall–Kier alpha value is -2.74. The van der Waals surface area contributed by atoms with Crippen molar-refractivity contribution in [1.82, 2.24) is 20.3 Å². The highest BCUT2D eigenvalue weighted by Crippen LogP contribution is 2.29. The van der Waals surface area contributed by atoms with Crippen molar-refractivity contribution in [2.75, 3.05) is 18.5 Å². The number of hydrogen-bond acceptors (Lipinski definition) is 7. The average Bonchev–Trinajstić information content (AvgIpc) is 3.11. The second-order valence-corrected chi connectivity index (χ2v) is 9.30. The molecule has 1 aliphatic rings. The van der Waals surface area contributed by atoms with Crippen LogP contribution in [0.15, 0.2) is 18.3 Å². The van der Waals surface area contributed by atoms with Gasteiger partial charge in [0.2, 0.25) is 5.91 Å². The van der Waals surface area contributed by atoms with E-state index in [0.29, 0.717) is 23.1 Å². The lowest BCUT2D eigenvalue weighted by Crippen LogP contribution is -2.43. The van der Waals surface area contributed by atoms with Crippen LogP contribution < -0.4 is 15.4 Å². The second-order valence-electron chi connectivity index (χ2n) is 9.30. The summed E-state index contributed by atoms with van der Waals surface area (Å²) in [5.41, 5.74) is 1.42. The Balaban J connectivity index is 1.81. The normalized spacial score (nSPS) is 13.7. The van der Waals surface area contributed by atoms with Gasteiger partial charge in [0.15, 0.2) is 5.82 Å². The van der Waals surface area contributed by atoms with Crippen LogP contribution >= 0.6 is 0 Å². The zero-order valence-corrected chi connectivity index (χ0v) is 18.4. The number of fused-ring (bicyclic) bond motifs is 1. The number of aliphatic hydroxyl groups is 1. The second kappa shape index (κ2) is 8.55. The minimum Gasteiger partial charge on any atom is -0.490 e. The van der Waals surface area contributed by atoms with Crippen LogP contribution in [0.1, 0.15) is 52.3 Å². The van der Waals surface area contributed by atoms with E-state index in [9.17, 15) is 9.90 Å². The molecule has 8 nitrogen and oxygen atoms in total. The number of carbonyl (C=O) groups is 1. The predicted octanol–water partition coefficient (Wildman–Crippen LogP) is 2.50. The number of rotatable bonds is 7. The summed E-state index contributed by atoms with van der Waals surface area (Å²) < 4.78 is 5.67. The number of pyridine rings is 1. The Morgan fingerprint density at radius 3 is 2.67 bits per heavy atom. The summed E-state index contributed by atoms with van der Waals surface area (Å²) in [6.07, 6.45) is 4.41. The lowest BCUT2D eigenvalue weighted by atomic mass is 10.1. The molecule has 0 radical (unpaired) electrons. The van der Waals surface area contributed by atoms with E-state index in [1.165, 1.54) is 0 Å². The molecular weight excluding hydrogens is 382 g/mol. The van der Waals surface area contributed by atoms with Crippen LogP contribution in [0, 0.1) is 0 Å². The van der Waals surface area contributed by atoms with Gasteiger partial charge in [0.1, 0.15) is 23.9 Å². The Morgan fingerprint density at radius 1 is 1.20 bits per heavy atom. The average molecular weight is 414 g/mol. The molecule has 0 atom stereocenters. The van der Waals surface area contributed by atoms with E-state index in [0.717, 1.165) is 30.5 Å². The molecule has 8 heteroatoms. The first-order valence-electron chi connectivity index (χ1n) is 10.3. The van der Waals surface area contributed by atoms with Gasteiger partial charge >= 0.3 is 0 Å². The first-order valence-corrected chi connectivity index (χ1v) is 10.3. The summed E-state index contributed by atoms with van der Waals surface area (Å²) in [5, 5.41) is 16.0. The Kier molecular flexibility index (Phi) is 6.26. The Morgan fingerprint density at radius 2 is 1.97 bits per heavy atom. The van der Waals surface area contributed by atoms with Gasteiger partial charge in [0.05, 0.1) is 12.1 Å². The molecule has 0 saturated carbocycles. The van der Waals surface area contributed by atoms with Crippen LogP contribution in [-0.4, -0.2) is 50.3 Å². The van der Waals surface area contributed by atoms with E-state index in [-0.39, 0.29) is 24.6 Å². The van der Waals surface area contributed by atoms with Gasteiger partial charge in [-0.2, -0.15) is 0 Å². The Labute approximate surface area is 177 Å². The lowest BCUT2D eigenvalue weighted by molar-refractivity contribution is -0.120. The molecule has 2 aromatic rings. The largest absolute Gasteiger partial charge is 0.490 e. The number of nitrogens with one attached hydrogen (secondary N) is 2. The molecule has 0 aliphatic heterocycles. The van der Waals surface area contributed by atoms with Gasteiger partial charge in [-0.1, -0.05) is 0 Å². The highest BCUT2D eigenvalue weighted by Gasteiger charge is 2.22. The third-order valence-corrected chi connectivity index (χ3v) is 4.42. The molecule has 0 bridgehead atoms. The van der Waals surface area contributed by atoms with Gasteiger partial charge in [0, 0.05) is 29.1 Å². The SMILES string of the molecule is CC(C)(O)COc1ccnc(-c2nc3c(c(NCC(=O)NC(C)(C)C)n2)CCC3)c1. The molecule has 3 N–H and O–H groups in total. The zero-order chi connectivity index (χ0) is 21.9. The minimum atomic E-state index is -0.932. The lowest BCUT2D eigenvalue weighted by Gasteiger charge is -2.21. The molecule has 0 spiro atoms. The molecule has 2 heterocycles. The van der Waals surface area contributed by atoms with E-state index in [1.807, 2.05) is 20.8 Å². The topological polar surface area (TPSA) is 109 Å². The molecule has 0 aromatic carbocycles. The molecule has 2 aromatic heterocycles. The number of anilines is 1. The number of aryl methyl sites for hydroxylation is 1. The van der Waals surface area contributed by atoms with Gasteiger partial charge in [-0.3, -0.25) is 9.78 Å². The van der Waals surface area contributed by atoms with Crippen molar-refractivity contribution in [3.8, 4) is 17.3 Å². The summed E-state index contributed by atoms with van der Waals surface area (Å²) in [4.78, 5) is 26.0. The number of carbonyl (C=O) groups excluding carboxylic acids is 1. The summed E-state index contributed by atoms with van der Waals surface area (Å²) in [6.45, 7) is 9.52. The molecular formula is C22H31N5O3. The number of ether oxygens (including phenoxy) is 1. The van der Waals surface area contributed by atoms with Crippen LogP contribution in [0.5, 0.6) is 5.75 Å². The van der Waals surface area contributed by atoms with Gasteiger partial charge in [-0.15, -0.1) is 0 Å². The molecule has 0 unspecified atom stereocenters. The molecule has 1 aliphatic carbocycles. The summed E-state index contributed by atoms with van der Waals surface area (Å²) >= 11 is 0. The molecule has 162 valence electrons. The quantitative estimate of drug-likeness (QED) is 0.640. The zero-order valence-electron chi connectivity index (χ0n) is 18.4. The summed E-state index contributed by atoms with van der Waals surface area (Å²) in [5.74, 6) is 1.67. The molecule has 30 heavy (non-hydrogen) atoms. The number of amides is 1. The number of nitrogens with zero attached hydrogens (tertiary/aromatic N) is 3. The van der Waals surface area contributed by atoms with Crippen molar-refractivity contribution in [2.45, 2.75) is 65.0 Å². The van der Waals surface area contributed by atoms with Crippen LogP contribution in [0.25, 0.3) is 11.5 Å². The van der Waals surface area contributed by atoms with Crippen molar-refractivity contribution >= 4 is 11.7 Å². The predicted molar refractivity (Wildman–Crippen MR) is 115 cm³/mol. The van der Waals surface area contributed by atoms with Crippen LogP contribution in [-0.2, 0) is 17.6 Å². The molecule has 0 saturated heterocycles. The van der Waals surface area contributed by atoms with Gasteiger partial charge < -0.3 is 20.5 Å². The van der Waals surface area contributed by atoms with E-state index in [1.54, 1.807) is 32.2 Å². The third-order valence-electron chi connectivity index (χ3n) is 4.42. The maximum Gasteiger partial charge on any atom is 0.239 e. The van der Waals surface area contributed by atoms with Crippen molar-refractivity contribution < 1.29 is 14.6 Å². The summed E-state index contributed by atoms with van der Waals surface area (Å²) in [6, 6.07) is 3.50. The fourth-order valence-electron chi connectivity index (χ4n) is 3.20. The standard InChI is InChI=1S/C22H31N5O3/c1-21(2,3)27-18(28)12-24-19-15-7-6-8-16(15)25-20(26-19)17-11-14(9-10-23-17)30-13-22(4,5)29/h9-11,29H,6-8,12-13H2,1-5H3,(H,27,28)(H,24,25,26).